The van der Waals surface area contributed by atoms with Crippen LogP contribution < -0.4 is 0 Å². The first kappa shape index (κ1) is 46.2. The van der Waals surface area contributed by atoms with Crippen molar-refractivity contribution in [3.63, 3.8) is 0 Å². The van der Waals surface area contributed by atoms with E-state index in [-0.39, 0.29) is 11.9 Å². The third kappa shape index (κ3) is 32.2. The van der Waals surface area contributed by atoms with Gasteiger partial charge in [0, 0.05) is 18.3 Å². The van der Waals surface area contributed by atoms with Crippen LogP contribution in [0.2, 0.25) is 0 Å². The van der Waals surface area contributed by atoms with E-state index in [1.807, 2.05) is 20.8 Å². The molecule has 47 heavy (non-hydrogen) atoms. The predicted molar refractivity (Wildman–Crippen MR) is 204 cm³/mol. The Balaban J connectivity index is 3.86. The van der Waals surface area contributed by atoms with Crippen molar-refractivity contribution in [1.82, 2.24) is 0 Å². The van der Waals surface area contributed by atoms with E-state index < -0.39 is 17.1 Å². The van der Waals surface area contributed by atoms with E-state index in [0.29, 0.717) is 12.8 Å². The first-order valence-corrected chi connectivity index (χ1v) is 21.2. The number of halogens is 1. The second kappa shape index (κ2) is 33.7. The van der Waals surface area contributed by atoms with Crippen molar-refractivity contribution in [3.8, 4) is 0 Å². The zero-order chi connectivity index (χ0) is 34.9. The molecule has 0 N–H and O–H groups in total. The van der Waals surface area contributed by atoms with E-state index in [1.165, 1.54) is 161 Å². The van der Waals surface area contributed by atoms with Crippen molar-refractivity contribution in [2.24, 2.45) is 5.41 Å². The van der Waals surface area contributed by atoms with Gasteiger partial charge in [-0.1, -0.05) is 226 Å². The Bertz CT molecular complexity index is 689. The van der Waals surface area contributed by atoms with E-state index >= 15 is 0 Å². The predicted octanol–water partition coefficient (Wildman–Crippen LogP) is 14.6. The molecule has 0 heterocycles. The van der Waals surface area contributed by atoms with E-state index in [0.717, 1.165) is 32.1 Å². The maximum Gasteiger partial charge on any atom is 0.307 e. The lowest BCUT2D eigenvalue weighted by Crippen LogP contribution is -2.41. The molecule has 4 nitrogen and oxygen atoms in total. The number of carbonyl (C=O) groups is 2. The number of alkyl halides is 1. The van der Waals surface area contributed by atoms with Crippen LogP contribution >= 0.6 is 11.6 Å². The number of rotatable bonds is 35. The number of hydrogen-bond donors (Lipinski definition) is 0. The summed E-state index contributed by atoms with van der Waals surface area (Å²) in [5, 5.41) is 0. The molecule has 0 aliphatic rings. The van der Waals surface area contributed by atoms with Crippen LogP contribution in [0.5, 0.6) is 0 Å². The van der Waals surface area contributed by atoms with Gasteiger partial charge in [0.25, 0.3) is 0 Å². The highest BCUT2D eigenvalue weighted by atomic mass is 35.5. The summed E-state index contributed by atoms with van der Waals surface area (Å²) in [6, 6.07) is 0. The molecule has 0 aliphatic heterocycles. The van der Waals surface area contributed by atoms with Crippen LogP contribution in [-0.2, 0) is 19.1 Å². The van der Waals surface area contributed by atoms with Gasteiger partial charge in [-0.25, -0.2) is 0 Å². The molecule has 0 spiro atoms. The van der Waals surface area contributed by atoms with Crippen LogP contribution in [0.4, 0.5) is 0 Å². The van der Waals surface area contributed by atoms with Crippen LogP contribution in [0.25, 0.3) is 0 Å². The van der Waals surface area contributed by atoms with Gasteiger partial charge in [0.05, 0.1) is 0 Å². The molecule has 0 radical (unpaired) electrons. The highest BCUT2D eigenvalue weighted by Gasteiger charge is 2.37. The molecule has 2 unspecified atom stereocenters. The Morgan fingerprint density at radius 1 is 0.426 bits per heavy atom. The molecule has 5 heteroatoms. The van der Waals surface area contributed by atoms with Crippen molar-refractivity contribution in [1.29, 1.82) is 0 Å². The number of ether oxygens (including phenoxy) is 2. The standard InChI is InChI=1S/C42H81ClO4/c1-6-8-10-12-14-16-18-20-22-24-26-28-30-32-34-36-38(44)46-40(42(3,4)5)41(43)47-39(45)37-35-33-31-29-27-25-23-21-19-17-15-13-11-9-7-2/h40-41H,6-37H2,1-5H3. The molecule has 0 saturated carbocycles. The molecule has 0 saturated heterocycles. The Morgan fingerprint density at radius 2 is 0.660 bits per heavy atom. The monoisotopic (exact) mass is 685 g/mol. The van der Waals surface area contributed by atoms with Crippen LogP contribution in [0.15, 0.2) is 0 Å². The average Bonchev–Trinajstić information content (AvgIpc) is 3.03. The number of unbranched alkanes of at least 4 members (excludes halogenated alkanes) is 28. The molecule has 0 aromatic carbocycles. The fourth-order valence-electron chi connectivity index (χ4n) is 6.35. The molecule has 0 bridgehead atoms. The second-order valence-electron chi connectivity index (χ2n) is 15.5. The molecule has 0 aliphatic carbocycles. The van der Waals surface area contributed by atoms with Crippen LogP contribution in [0.3, 0.4) is 0 Å². The Morgan fingerprint density at radius 3 is 0.915 bits per heavy atom. The smallest absolute Gasteiger partial charge is 0.307 e. The number of esters is 2. The van der Waals surface area contributed by atoms with Gasteiger partial charge in [-0.2, -0.15) is 0 Å². The van der Waals surface area contributed by atoms with Gasteiger partial charge in [0.2, 0.25) is 5.56 Å². The van der Waals surface area contributed by atoms with Gasteiger partial charge in [-0.05, 0) is 12.8 Å². The van der Waals surface area contributed by atoms with E-state index in [4.69, 9.17) is 21.1 Å². The molecular formula is C42H81ClO4. The van der Waals surface area contributed by atoms with Crippen molar-refractivity contribution in [3.05, 3.63) is 0 Å². The lowest BCUT2D eigenvalue weighted by atomic mass is 9.89. The highest BCUT2D eigenvalue weighted by Crippen LogP contribution is 2.29. The fourth-order valence-corrected chi connectivity index (χ4v) is 6.88. The van der Waals surface area contributed by atoms with E-state index in [1.54, 1.807) is 0 Å². The van der Waals surface area contributed by atoms with Gasteiger partial charge in [-0.3, -0.25) is 9.59 Å². The van der Waals surface area contributed by atoms with Crippen molar-refractivity contribution < 1.29 is 19.1 Å². The molecule has 2 atom stereocenters. The fraction of sp³-hybridized carbons (Fsp3) is 0.952. The van der Waals surface area contributed by atoms with Crippen LogP contribution in [-0.4, -0.2) is 23.6 Å². The molecule has 280 valence electrons. The van der Waals surface area contributed by atoms with Gasteiger partial charge in [0.1, 0.15) is 0 Å². The maximum absolute atomic E-state index is 12.6. The first-order valence-electron chi connectivity index (χ1n) is 20.7. The van der Waals surface area contributed by atoms with Crippen molar-refractivity contribution in [2.45, 2.75) is 252 Å². The normalized spacial score (nSPS) is 13.1. The Labute approximate surface area is 299 Å². The zero-order valence-electron chi connectivity index (χ0n) is 32.3. The SMILES string of the molecule is CCCCCCCCCCCCCCCCCC(=O)OC(Cl)C(OC(=O)CCCCCCCCCCCCCCCCC)C(C)(C)C. The average molecular weight is 686 g/mol. The summed E-state index contributed by atoms with van der Waals surface area (Å²) < 4.78 is 11.3. The minimum atomic E-state index is -0.969. The summed E-state index contributed by atoms with van der Waals surface area (Å²) in [5.74, 6) is -0.545. The van der Waals surface area contributed by atoms with E-state index in [9.17, 15) is 9.59 Å². The second-order valence-corrected chi connectivity index (χ2v) is 15.9. The quantitative estimate of drug-likeness (QED) is 0.0379. The van der Waals surface area contributed by atoms with Crippen molar-refractivity contribution >= 4 is 23.5 Å². The van der Waals surface area contributed by atoms with Gasteiger partial charge in [0.15, 0.2) is 6.10 Å². The minimum Gasteiger partial charge on any atom is -0.456 e. The largest absolute Gasteiger partial charge is 0.456 e. The Hall–Kier alpha value is -0.770. The van der Waals surface area contributed by atoms with Crippen LogP contribution in [0.1, 0.15) is 240 Å². The molecule has 0 aromatic heterocycles. The number of hydrogen-bond acceptors (Lipinski definition) is 4. The van der Waals surface area contributed by atoms with E-state index in [2.05, 4.69) is 13.8 Å². The summed E-state index contributed by atoms with van der Waals surface area (Å²) in [5.41, 5.74) is -1.39. The zero-order valence-corrected chi connectivity index (χ0v) is 33.0. The summed E-state index contributed by atoms with van der Waals surface area (Å²) in [6.45, 7) is 10.5. The first-order chi connectivity index (χ1) is 22.7. The maximum atomic E-state index is 12.6. The molecular weight excluding hydrogens is 604 g/mol. The summed E-state index contributed by atoms with van der Waals surface area (Å²) >= 11 is 6.52. The lowest BCUT2D eigenvalue weighted by Gasteiger charge is -2.33. The molecule has 0 amide bonds. The lowest BCUT2D eigenvalue weighted by molar-refractivity contribution is -0.169. The molecule has 0 rings (SSSR count). The topological polar surface area (TPSA) is 52.6 Å². The molecule has 0 fully saturated rings. The molecule has 0 aromatic rings. The minimum absolute atomic E-state index is 0.247. The van der Waals surface area contributed by atoms with Gasteiger partial charge >= 0.3 is 11.9 Å². The Kier molecular flexibility index (Phi) is 33.2. The van der Waals surface area contributed by atoms with Gasteiger partial charge in [-0.15, -0.1) is 0 Å². The summed E-state index contributed by atoms with van der Waals surface area (Å²) in [7, 11) is 0. The third-order valence-electron chi connectivity index (χ3n) is 9.56. The van der Waals surface area contributed by atoms with Crippen LogP contribution in [0, 0.1) is 5.41 Å². The number of carbonyl (C=O) groups excluding carboxylic acids is 2. The highest BCUT2D eigenvalue weighted by molar-refractivity contribution is 6.20. The van der Waals surface area contributed by atoms with Crippen molar-refractivity contribution in [2.75, 3.05) is 0 Å². The van der Waals surface area contributed by atoms with Gasteiger partial charge < -0.3 is 9.47 Å². The third-order valence-corrected chi connectivity index (χ3v) is 9.88. The summed E-state index contributed by atoms with van der Waals surface area (Å²) in [4.78, 5) is 25.1. The summed E-state index contributed by atoms with van der Waals surface area (Å²) in [6.07, 6.45) is 38.9.